The molecule has 1 fully saturated rings. The Morgan fingerprint density at radius 2 is 2.33 bits per heavy atom. The highest BCUT2D eigenvalue weighted by Crippen LogP contribution is 2.29. The van der Waals surface area contributed by atoms with Crippen molar-refractivity contribution in [3.05, 3.63) is 17.3 Å². The SMILES string of the molecule is Cc1cc2c(NCC3CCCC3N)ncnc2s1. The van der Waals surface area contributed by atoms with Crippen LogP contribution < -0.4 is 11.1 Å². The van der Waals surface area contributed by atoms with Crippen LogP contribution in [-0.2, 0) is 0 Å². The molecule has 0 radical (unpaired) electrons. The fourth-order valence-corrected chi connectivity index (χ4v) is 3.51. The number of hydrogen-bond acceptors (Lipinski definition) is 5. The Balaban J connectivity index is 1.78. The van der Waals surface area contributed by atoms with Crippen LogP contribution in [0.4, 0.5) is 5.82 Å². The van der Waals surface area contributed by atoms with Crippen LogP contribution in [0.15, 0.2) is 12.4 Å². The summed E-state index contributed by atoms with van der Waals surface area (Å²) in [5.74, 6) is 1.53. The Morgan fingerprint density at radius 3 is 3.11 bits per heavy atom. The van der Waals surface area contributed by atoms with Gasteiger partial charge >= 0.3 is 0 Å². The van der Waals surface area contributed by atoms with Crippen molar-refractivity contribution in [2.45, 2.75) is 32.2 Å². The summed E-state index contributed by atoms with van der Waals surface area (Å²) in [5, 5.41) is 4.58. The van der Waals surface area contributed by atoms with E-state index in [4.69, 9.17) is 5.73 Å². The fourth-order valence-electron chi connectivity index (χ4n) is 2.66. The number of thiophene rings is 1. The summed E-state index contributed by atoms with van der Waals surface area (Å²) in [6, 6.07) is 2.50. The van der Waals surface area contributed by atoms with E-state index in [-0.39, 0.29) is 0 Å². The number of rotatable bonds is 3. The summed E-state index contributed by atoms with van der Waals surface area (Å²) in [4.78, 5) is 11.0. The molecule has 2 aromatic rings. The fraction of sp³-hybridized carbons (Fsp3) is 0.538. The van der Waals surface area contributed by atoms with Crippen molar-refractivity contribution in [2.24, 2.45) is 11.7 Å². The number of nitrogens with one attached hydrogen (secondary N) is 1. The molecule has 0 saturated heterocycles. The molecule has 0 spiro atoms. The van der Waals surface area contributed by atoms with E-state index in [1.165, 1.54) is 17.7 Å². The molecular weight excluding hydrogens is 244 g/mol. The van der Waals surface area contributed by atoms with Gasteiger partial charge in [-0.1, -0.05) is 6.42 Å². The zero-order valence-electron chi connectivity index (χ0n) is 10.5. The van der Waals surface area contributed by atoms with Crippen LogP contribution in [0.3, 0.4) is 0 Å². The first-order valence-corrected chi connectivity index (χ1v) is 7.26. The molecule has 2 aromatic heterocycles. The number of nitrogens with two attached hydrogens (primary N) is 1. The zero-order valence-corrected chi connectivity index (χ0v) is 11.3. The largest absolute Gasteiger partial charge is 0.369 e. The van der Waals surface area contributed by atoms with E-state index < -0.39 is 0 Å². The van der Waals surface area contributed by atoms with Crippen molar-refractivity contribution < 1.29 is 0 Å². The van der Waals surface area contributed by atoms with E-state index in [0.29, 0.717) is 12.0 Å². The Bertz CT molecular complexity index is 551. The second-order valence-electron chi connectivity index (χ2n) is 5.03. The third-order valence-corrected chi connectivity index (χ3v) is 4.66. The summed E-state index contributed by atoms with van der Waals surface area (Å²) in [6.07, 6.45) is 5.27. The molecular formula is C13H18N4S. The first-order valence-electron chi connectivity index (χ1n) is 6.44. The van der Waals surface area contributed by atoms with E-state index in [1.54, 1.807) is 17.7 Å². The molecule has 1 aliphatic rings. The highest BCUT2D eigenvalue weighted by Gasteiger charge is 2.23. The summed E-state index contributed by atoms with van der Waals surface area (Å²) < 4.78 is 0. The molecule has 0 aromatic carbocycles. The average Bonchev–Trinajstić information content (AvgIpc) is 2.91. The molecule has 0 amide bonds. The van der Waals surface area contributed by atoms with Crippen molar-refractivity contribution in [3.8, 4) is 0 Å². The third kappa shape index (κ3) is 2.20. The highest BCUT2D eigenvalue weighted by molar-refractivity contribution is 7.18. The van der Waals surface area contributed by atoms with Gasteiger partial charge < -0.3 is 11.1 Å². The summed E-state index contributed by atoms with van der Waals surface area (Å²) in [7, 11) is 0. The molecule has 2 heterocycles. The summed E-state index contributed by atoms with van der Waals surface area (Å²) in [6.45, 7) is 3.02. The normalized spacial score (nSPS) is 23.7. The monoisotopic (exact) mass is 262 g/mol. The van der Waals surface area contributed by atoms with Crippen molar-refractivity contribution >= 4 is 27.4 Å². The molecule has 1 aliphatic carbocycles. The molecule has 2 atom stereocenters. The van der Waals surface area contributed by atoms with Gasteiger partial charge in [-0.05, 0) is 31.7 Å². The van der Waals surface area contributed by atoms with Gasteiger partial charge in [0.25, 0.3) is 0 Å². The predicted molar refractivity (Wildman–Crippen MR) is 76.0 cm³/mol. The Labute approximate surface area is 111 Å². The van der Waals surface area contributed by atoms with Crippen LogP contribution in [0.5, 0.6) is 0 Å². The van der Waals surface area contributed by atoms with Crippen LogP contribution in [0.1, 0.15) is 24.1 Å². The van der Waals surface area contributed by atoms with Crippen LogP contribution in [0.2, 0.25) is 0 Å². The predicted octanol–water partition coefficient (Wildman–Crippen LogP) is 2.54. The minimum atomic E-state index is 0.346. The maximum Gasteiger partial charge on any atom is 0.138 e. The molecule has 96 valence electrons. The third-order valence-electron chi connectivity index (χ3n) is 3.70. The Hall–Kier alpha value is -1.20. The molecule has 3 rings (SSSR count). The number of anilines is 1. The van der Waals surface area contributed by atoms with Crippen LogP contribution >= 0.6 is 11.3 Å². The van der Waals surface area contributed by atoms with Gasteiger partial charge in [0.05, 0.1) is 5.39 Å². The topological polar surface area (TPSA) is 63.8 Å². The summed E-state index contributed by atoms with van der Waals surface area (Å²) in [5.41, 5.74) is 6.09. The second-order valence-corrected chi connectivity index (χ2v) is 6.27. The Morgan fingerprint density at radius 1 is 1.44 bits per heavy atom. The van der Waals surface area contributed by atoms with E-state index in [9.17, 15) is 0 Å². The second kappa shape index (κ2) is 4.82. The lowest BCUT2D eigenvalue weighted by Gasteiger charge is -2.16. The number of nitrogens with zero attached hydrogens (tertiary/aromatic N) is 2. The lowest BCUT2D eigenvalue weighted by Crippen LogP contribution is -2.29. The molecule has 2 unspecified atom stereocenters. The van der Waals surface area contributed by atoms with Gasteiger partial charge in [0.1, 0.15) is 17.0 Å². The van der Waals surface area contributed by atoms with Gasteiger partial charge in [-0.25, -0.2) is 9.97 Å². The standard InChI is InChI=1S/C13H18N4S/c1-8-5-10-12(16-7-17-13(10)18-8)15-6-9-3-2-4-11(9)14/h5,7,9,11H,2-4,6,14H2,1H3,(H,15,16,17). The van der Waals surface area contributed by atoms with E-state index in [1.807, 2.05) is 0 Å². The molecule has 0 aliphatic heterocycles. The number of fused-ring (bicyclic) bond motifs is 1. The first-order chi connectivity index (χ1) is 8.74. The van der Waals surface area contributed by atoms with Gasteiger partial charge in [0.15, 0.2) is 0 Å². The number of aryl methyl sites for hydroxylation is 1. The van der Waals surface area contributed by atoms with Crippen LogP contribution in [0, 0.1) is 12.8 Å². The van der Waals surface area contributed by atoms with E-state index in [0.717, 1.165) is 29.0 Å². The number of aromatic nitrogens is 2. The summed E-state index contributed by atoms with van der Waals surface area (Å²) >= 11 is 1.71. The van der Waals surface area contributed by atoms with Gasteiger partial charge in [0, 0.05) is 17.5 Å². The minimum Gasteiger partial charge on any atom is -0.369 e. The quantitative estimate of drug-likeness (QED) is 0.892. The molecule has 0 bridgehead atoms. The Kier molecular flexibility index (Phi) is 3.18. The lowest BCUT2D eigenvalue weighted by molar-refractivity contribution is 0.505. The van der Waals surface area contributed by atoms with E-state index in [2.05, 4.69) is 28.3 Å². The molecule has 4 nitrogen and oxygen atoms in total. The number of hydrogen-bond donors (Lipinski definition) is 2. The maximum atomic E-state index is 6.09. The first kappa shape index (κ1) is 11.9. The minimum absolute atomic E-state index is 0.346. The maximum absolute atomic E-state index is 6.09. The van der Waals surface area contributed by atoms with Gasteiger partial charge in [-0.15, -0.1) is 11.3 Å². The van der Waals surface area contributed by atoms with Crippen molar-refractivity contribution in [1.82, 2.24) is 9.97 Å². The lowest BCUT2D eigenvalue weighted by atomic mass is 10.0. The molecule has 1 saturated carbocycles. The molecule has 18 heavy (non-hydrogen) atoms. The van der Waals surface area contributed by atoms with Gasteiger partial charge in [0.2, 0.25) is 0 Å². The van der Waals surface area contributed by atoms with Gasteiger partial charge in [-0.3, -0.25) is 0 Å². The smallest absolute Gasteiger partial charge is 0.138 e. The van der Waals surface area contributed by atoms with Crippen molar-refractivity contribution in [3.63, 3.8) is 0 Å². The van der Waals surface area contributed by atoms with Crippen molar-refractivity contribution in [2.75, 3.05) is 11.9 Å². The molecule has 5 heteroatoms. The average molecular weight is 262 g/mol. The van der Waals surface area contributed by atoms with E-state index >= 15 is 0 Å². The molecule has 3 N–H and O–H groups in total. The highest BCUT2D eigenvalue weighted by atomic mass is 32.1. The zero-order chi connectivity index (χ0) is 12.5. The van der Waals surface area contributed by atoms with Crippen LogP contribution in [-0.4, -0.2) is 22.6 Å². The van der Waals surface area contributed by atoms with Crippen LogP contribution in [0.25, 0.3) is 10.2 Å². The van der Waals surface area contributed by atoms with Crippen molar-refractivity contribution in [1.29, 1.82) is 0 Å². The van der Waals surface area contributed by atoms with Gasteiger partial charge in [-0.2, -0.15) is 0 Å².